The third kappa shape index (κ3) is 4.84. The van der Waals surface area contributed by atoms with Crippen LogP contribution in [-0.2, 0) is 33.1 Å². The highest BCUT2D eigenvalue weighted by Gasteiger charge is 2.28. The van der Waals surface area contributed by atoms with Crippen molar-refractivity contribution in [3.8, 4) is 0 Å². The molecule has 0 atom stereocenters. The van der Waals surface area contributed by atoms with Crippen molar-refractivity contribution in [3.63, 3.8) is 0 Å². The zero-order chi connectivity index (χ0) is 21.8. The predicted molar refractivity (Wildman–Crippen MR) is 116 cm³/mol. The summed E-state index contributed by atoms with van der Waals surface area (Å²) in [5, 5.41) is 1.89. The number of rotatable bonds is 10. The molecule has 0 saturated carbocycles. The smallest absolute Gasteiger partial charge is 0.243 e. The number of furan rings is 1. The van der Waals surface area contributed by atoms with Crippen LogP contribution >= 0.6 is 11.3 Å². The number of sulfonamides is 2. The third-order valence-corrected chi connectivity index (χ3v) is 9.36. The van der Waals surface area contributed by atoms with Gasteiger partial charge in [-0.1, -0.05) is 19.9 Å². The van der Waals surface area contributed by atoms with Crippen molar-refractivity contribution in [2.45, 2.75) is 36.7 Å². The van der Waals surface area contributed by atoms with Gasteiger partial charge in [-0.3, -0.25) is 0 Å². The minimum Gasteiger partial charge on any atom is -0.468 e. The largest absolute Gasteiger partial charge is 0.468 e. The first kappa shape index (κ1) is 22.7. The molecule has 0 fully saturated rings. The summed E-state index contributed by atoms with van der Waals surface area (Å²) in [6.45, 7) is 4.48. The Balaban J connectivity index is 1.92. The van der Waals surface area contributed by atoms with Crippen molar-refractivity contribution < 1.29 is 21.3 Å². The fraction of sp³-hybridized carbons (Fsp3) is 0.300. The summed E-state index contributed by atoms with van der Waals surface area (Å²) in [7, 11) is -7.53. The lowest BCUT2D eigenvalue weighted by Crippen LogP contribution is -2.31. The molecule has 0 saturated heterocycles. The molecular formula is C20H24N2O5S3. The molecule has 162 valence electrons. The van der Waals surface area contributed by atoms with Crippen LogP contribution in [0, 0.1) is 0 Å². The van der Waals surface area contributed by atoms with Crippen LogP contribution in [0.4, 0.5) is 0 Å². The molecule has 0 N–H and O–H groups in total. The van der Waals surface area contributed by atoms with Gasteiger partial charge >= 0.3 is 0 Å². The van der Waals surface area contributed by atoms with Crippen molar-refractivity contribution in [1.29, 1.82) is 0 Å². The first-order valence-electron chi connectivity index (χ1n) is 9.44. The van der Waals surface area contributed by atoms with E-state index >= 15 is 0 Å². The molecule has 0 radical (unpaired) electrons. The molecule has 0 spiro atoms. The Morgan fingerprint density at radius 2 is 1.40 bits per heavy atom. The van der Waals surface area contributed by atoms with Gasteiger partial charge in [-0.05, 0) is 47.8 Å². The maximum atomic E-state index is 13.3. The number of hydrogen-bond acceptors (Lipinski definition) is 6. The number of thiophene rings is 1. The van der Waals surface area contributed by atoms with E-state index in [4.69, 9.17) is 4.42 Å². The van der Waals surface area contributed by atoms with Gasteiger partial charge in [0.1, 0.15) is 5.76 Å². The fourth-order valence-electron chi connectivity index (χ4n) is 3.02. The number of benzene rings is 1. The first-order chi connectivity index (χ1) is 14.3. The molecule has 0 amide bonds. The second kappa shape index (κ2) is 9.44. The molecule has 1 aromatic carbocycles. The summed E-state index contributed by atoms with van der Waals surface area (Å²) in [5.74, 6) is 0.524. The Hall–Kier alpha value is -1.98. The van der Waals surface area contributed by atoms with Gasteiger partial charge in [-0.15, -0.1) is 11.3 Å². The number of nitrogens with zero attached hydrogens (tertiary/aromatic N) is 2. The Morgan fingerprint density at radius 1 is 0.800 bits per heavy atom. The monoisotopic (exact) mass is 468 g/mol. The lowest BCUT2D eigenvalue weighted by atomic mass is 10.4. The molecule has 10 heteroatoms. The molecular weight excluding hydrogens is 444 g/mol. The van der Waals surface area contributed by atoms with Crippen LogP contribution in [0.5, 0.6) is 0 Å². The SMILES string of the molecule is CCN(CC)S(=O)(=O)c1ccc(S(=O)(=O)N(Cc2ccco2)Cc2cccs2)cc1. The van der Waals surface area contributed by atoms with E-state index in [0.717, 1.165) is 4.88 Å². The molecule has 0 bridgehead atoms. The maximum absolute atomic E-state index is 13.3. The van der Waals surface area contributed by atoms with Crippen LogP contribution in [0.1, 0.15) is 24.5 Å². The van der Waals surface area contributed by atoms with Crippen LogP contribution in [0.2, 0.25) is 0 Å². The quantitative estimate of drug-likeness (QED) is 0.452. The Bertz CT molecular complexity index is 1100. The van der Waals surface area contributed by atoms with Crippen molar-refractivity contribution >= 4 is 31.4 Å². The fourth-order valence-corrected chi connectivity index (χ4v) is 6.67. The Labute approximate surface area is 181 Å². The van der Waals surface area contributed by atoms with Gasteiger partial charge in [-0.2, -0.15) is 8.61 Å². The van der Waals surface area contributed by atoms with E-state index < -0.39 is 20.0 Å². The van der Waals surface area contributed by atoms with Crippen LogP contribution in [0.25, 0.3) is 0 Å². The van der Waals surface area contributed by atoms with Crippen molar-refractivity contribution in [3.05, 3.63) is 70.8 Å². The molecule has 30 heavy (non-hydrogen) atoms. The third-order valence-electron chi connectivity index (χ3n) is 4.63. The zero-order valence-corrected chi connectivity index (χ0v) is 19.2. The van der Waals surface area contributed by atoms with E-state index in [1.807, 2.05) is 17.5 Å². The van der Waals surface area contributed by atoms with Gasteiger partial charge in [0.2, 0.25) is 20.0 Å². The molecule has 3 aromatic rings. The van der Waals surface area contributed by atoms with Crippen LogP contribution in [-0.4, -0.2) is 38.5 Å². The van der Waals surface area contributed by atoms with E-state index in [1.54, 1.807) is 26.0 Å². The van der Waals surface area contributed by atoms with Crippen molar-refractivity contribution in [1.82, 2.24) is 8.61 Å². The minimum absolute atomic E-state index is 0.0316. The summed E-state index contributed by atoms with van der Waals surface area (Å²) in [6, 6.07) is 12.5. The zero-order valence-electron chi connectivity index (χ0n) is 16.8. The number of hydrogen-bond donors (Lipinski definition) is 0. The lowest BCUT2D eigenvalue weighted by molar-refractivity contribution is 0.360. The average Bonchev–Trinajstić information content (AvgIpc) is 3.42. The Kier molecular flexibility index (Phi) is 7.14. The Morgan fingerprint density at radius 3 is 1.87 bits per heavy atom. The summed E-state index contributed by atoms with van der Waals surface area (Å²) in [6.07, 6.45) is 1.50. The second-order valence-electron chi connectivity index (χ2n) is 6.49. The van der Waals surface area contributed by atoms with E-state index in [9.17, 15) is 16.8 Å². The minimum atomic E-state index is -3.88. The van der Waals surface area contributed by atoms with Crippen LogP contribution in [0.15, 0.2) is 74.4 Å². The maximum Gasteiger partial charge on any atom is 0.243 e. The topological polar surface area (TPSA) is 87.9 Å². The highest BCUT2D eigenvalue weighted by atomic mass is 32.2. The van der Waals surface area contributed by atoms with E-state index in [0.29, 0.717) is 18.8 Å². The summed E-state index contributed by atoms with van der Waals surface area (Å²) < 4.78 is 60.0. The normalized spacial score (nSPS) is 12.7. The van der Waals surface area contributed by atoms with Crippen molar-refractivity contribution in [2.75, 3.05) is 13.1 Å². The van der Waals surface area contributed by atoms with E-state index in [-0.39, 0.29) is 22.9 Å². The molecule has 0 aliphatic rings. The van der Waals surface area contributed by atoms with Gasteiger partial charge in [-0.25, -0.2) is 16.8 Å². The van der Waals surface area contributed by atoms with Gasteiger partial charge in [0.25, 0.3) is 0 Å². The second-order valence-corrected chi connectivity index (χ2v) is 11.4. The van der Waals surface area contributed by atoms with Gasteiger partial charge in [0.15, 0.2) is 0 Å². The molecule has 3 rings (SSSR count). The van der Waals surface area contributed by atoms with Crippen molar-refractivity contribution in [2.24, 2.45) is 0 Å². The molecule has 0 aliphatic carbocycles. The van der Waals surface area contributed by atoms with E-state index in [1.165, 1.54) is 50.5 Å². The standard InChI is InChI=1S/C20H24N2O5S3/c1-3-21(4-2)29(23,24)19-9-11-20(12-10-19)30(25,26)22(15-17-7-5-13-27-17)16-18-8-6-14-28-18/h5-14H,3-4,15-16H2,1-2H3. The molecule has 2 aromatic heterocycles. The van der Waals surface area contributed by atoms with Gasteiger partial charge in [0.05, 0.1) is 22.6 Å². The lowest BCUT2D eigenvalue weighted by Gasteiger charge is -2.21. The van der Waals surface area contributed by atoms with E-state index in [2.05, 4.69) is 0 Å². The van der Waals surface area contributed by atoms with Crippen LogP contribution < -0.4 is 0 Å². The summed E-state index contributed by atoms with van der Waals surface area (Å²) >= 11 is 1.47. The highest BCUT2D eigenvalue weighted by Crippen LogP contribution is 2.25. The average molecular weight is 469 g/mol. The summed E-state index contributed by atoms with van der Waals surface area (Å²) in [5.41, 5.74) is 0. The molecule has 7 nitrogen and oxygen atoms in total. The van der Waals surface area contributed by atoms with Crippen LogP contribution in [0.3, 0.4) is 0 Å². The highest BCUT2D eigenvalue weighted by molar-refractivity contribution is 7.89. The molecule has 2 heterocycles. The van der Waals surface area contributed by atoms with Gasteiger partial charge in [0, 0.05) is 24.5 Å². The molecule has 0 unspecified atom stereocenters. The first-order valence-corrected chi connectivity index (χ1v) is 13.2. The molecule has 0 aliphatic heterocycles. The van der Waals surface area contributed by atoms with Gasteiger partial charge < -0.3 is 4.42 Å². The summed E-state index contributed by atoms with van der Waals surface area (Å²) in [4.78, 5) is 0.996. The predicted octanol–water partition coefficient (Wildman–Crippen LogP) is 3.76.